The van der Waals surface area contributed by atoms with Crippen LogP contribution in [0.1, 0.15) is 5.56 Å². The summed E-state index contributed by atoms with van der Waals surface area (Å²) in [6, 6.07) is 9.68. The molecule has 0 unspecified atom stereocenters. The van der Waals surface area contributed by atoms with Crippen molar-refractivity contribution in [1.29, 1.82) is 0 Å². The van der Waals surface area contributed by atoms with Gasteiger partial charge in [0.05, 0.1) is 5.39 Å². The summed E-state index contributed by atoms with van der Waals surface area (Å²) in [7, 11) is 1.81. The third-order valence-corrected chi connectivity index (χ3v) is 4.36. The van der Waals surface area contributed by atoms with Gasteiger partial charge in [-0.1, -0.05) is 6.07 Å². The van der Waals surface area contributed by atoms with Crippen LogP contribution in [0.3, 0.4) is 0 Å². The van der Waals surface area contributed by atoms with Crippen LogP contribution in [0.15, 0.2) is 48.7 Å². The van der Waals surface area contributed by atoms with Crippen molar-refractivity contribution in [1.82, 2.24) is 14.5 Å². The molecule has 0 saturated carbocycles. The predicted molar refractivity (Wildman–Crippen MR) is 98.3 cm³/mol. The number of nitrogens with one attached hydrogen (secondary N) is 1. The number of hydrogen-bond donors (Lipinski definition) is 1. The molecule has 7 heteroatoms. The molecule has 0 amide bonds. The Hall–Kier alpha value is -3.35. The fourth-order valence-electron chi connectivity index (χ4n) is 2.97. The van der Waals surface area contributed by atoms with Crippen LogP contribution in [0.4, 0.5) is 24.7 Å². The predicted octanol–water partition coefficient (Wildman–Crippen LogP) is 5.10. The molecule has 1 N–H and O–H groups in total. The number of nitrogens with zero attached hydrogens (tertiary/aromatic N) is 3. The van der Waals surface area contributed by atoms with Crippen LogP contribution >= 0.6 is 0 Å². The van der Waals surface area contributed by atoms with Gasteiger partial charge >= 0.3 is 0 Å². The molecule has 0 atom stereocenters. The van der Waals surface area contributed by atoms with E-state index in [-0.39, 0.29) is 17.3 Å². The first-order valence-corrected chi connectivity index (χ1v) is 8.24. The minimum Gasteiger partial charge on any atom is -0.335 e. The smallest absolute Gasteiger partial charge is 0.164 e. The second-order valence-corrected chi connectivity index (χ2v) is 6.24. The Bertz CT molecular complexity index is 1150. The van der Waals surface area contributed by atoms with E-state index in [1.165, 1.54) is 30.3 Å². The zero-order valence-corrected chi connectivity index (χ0v) is 14.6. The maximum Gasteiger partial charge on any atom is 0.164 e. The molecule has 4 aromatic rings. The summed E-state index contributed by atoms with van der Waals surface area (Å²) >= 11 is 0. The van der Waals surface area contributed by atoms with Gasteiger partial charge in [-0.05, 0) is 48.9 Å². The molecule has 2 aromatic carbocycles. The summed E-state index contributed by atoms with van der Waals surface area (Å²) < 4.78 is 43.4. The molecular formula is C20H15F3N4. The highest BCUT2D eigenvalue weighted by Crippen LogP contribution is 2.31. The molecule has 4 nitrogen and oxygen atoms in total. The normalized spacial score (nSPS) is 11.1. The van der Waals surface area contributed by atoms with E-state index in [1.807, 2.05) is 7.05 Å². The van der Waals surface area contributed by atoms with Crippen LogP contribution in [0.2, 0.25) is 0 Å². The molecule has 2 aromatic heterocycles. The zero-order valence-electron chi connectivity index (χ0n) is 14.6. The lowest BCUT2D eigenvalue weighted by molar-refractivity contribution is 0.590. The van der Waals surface area contributed by atoms with Gasteiger partial charge in [-0.3, -0.25) is 0 Å². The van der Waals surface area contributed by atoms with Gasteiger partial charge in [0.25, 0.3) is 0 Å². The molecular weight excluding hydrogens is 353 g/mol. The molecule has 0 saturated heterocycles. The Morgan fingerprint density at radius 2 is 1.70 bits per heavy atom. The first-order valence-electron chi connectivity index (χ1n) is 8.24. The van der Waals surface area contributed by atoms with Crippen LogP contribution in [0.25, 0.3) is 22.4 Å². The first kappa shape index (κ1) is 17.1. The summed E-state index contributed by atoms with van der Waals surface area (Å²) in [6.07, 6.45) is 1.78. The fraction of sp³-hybridized carbons (Fsp3) is 0.100. The van der Waals surface area contributed by atoms with Gasteiger partial charge in [-0.25, -0.2) is 23.1 Å². The third-order valence-electron chi connectivity index (χ3n) is 4.36. The zero-order chi connectivity index (χ0) is 19.1. The van der Waals surface area contributed by atoms with Crippen molar-refractivity contribution in [2.45, 2.75) is 6.92 Å². The lowest BCUT2D eigenvalue weighted by Crippen LogP contribution is -2.03. The maximum absolute atomic E-state index is 14.1. The molecule has 0 fully saturated rings. The molecule has 2 heterocycles. The average Bonchev–Trinajstić information content (AvgIpc) is 2.99. The Balaban J connectivity index is 1.92. The van der Waals surface area contributed by atoms with Crippen LogP contribution in [-0.2, 0) is 7.05 Å². The monoisotopic (exact) mass is 368 g/mol. The summed E-state index contributed by atoms with van der Waals surface area (Å²) in [6.45, 7) is 1.75. The van der Waals surface area contributed by atoms with Crippen molar-refractivity contribution in [2.24, 2.45) is 7.05 Å². The minimum absolute atomic E-state index is 0.267. The highest BCUT2D eigenvalue weighted by atomic mass is 19.1. The van der Waals surface area contributed by atoms with Gasteiger partial charge < -0.3 is 9.88 Å². The van der Waals surface area contributed by atoms with E-state index < -0.39 is 11.6 Å². The standard InChI is InChI=1S/C20H15F3N4/c1-11-10-12(21)6-7-13(11)18-25-19(14-8-9-27(2)20(14)26-18)24-17-15(22)4-3-5-16(17)23/h3-10H,1-2H3,(H,24,25,26). The largest absolute Gasteiger partial charge is 0.335 e. The quantitative estimate of drug-likeness (QED) is 0.547. The van der Waals surface area contributed by atoms with Gasteiger partial charge in [0, 0.05) is 18.8 Å². The van der Waals surface area contributed by atoms with Gasteiger partial charge in [-0.2, -0.15) is 0 Å². The SMILES string of the molecule is Cc1cc(F)ccc1-c1nc(Nc2c(F)cccc2F)c2ccn(C)c2n1. The fourth-order valence-corrected chi connectivity index (χ4v) is 2.97. The van der Waals surface area contributed by atoms with Crippen LogP contribution in [0, 0.1) is 24.4 Å². The molecule has 0 radical (unpaired) electrons. The number of fused-ring (bicyclic) bond motifs is 1. The van der Waals surface area contributed by atoms with E-state index in [0.717, 1.165) is 0 Å². The topological polar surface area (TPSA) is 42.7 Å². The van der Waals surface area contributed by atoms with Crippen molar-refractivity contribution in [2.75, 3.05) is 5.32 Å². The lowest BCUT2D eigenvalue weighted by atomic mass is 10.1. The molecule has 0 aliphatic carbocycles. The summed E-state index contributed by atoms with van der Waals surface area (Å²) in [5.74, 6) is -1.21. The maximum atomic E-state index is 14.1. The number of para-hydroxylation sites is 1. The van der Waals surface area contributed by atoms with E-state index in [9.17, 15) is 13.2 Å². The van der Waals surface area contributed by atoms with E-state index in [4.69, 9.17) is 0 Å². The molecule has 4 rings (SSSR count). The van der Waals surface area contributed by atoms with E-state index in [2.05, 4.69) is 15.3 Å². The number of halogens is 3. The highest BCUT2D eigenvalue weighted by Gasteiger charge is 2.16. The van der Waals surface area contributed by atoms with Crippen molar-refractivity contribution < 1.29 is 13.2 Å². The molecule has 0 aliphatic rings. The second kappa shape index (κ2) is 6.42. The van der Waals surface area contributed by atoms with Crippen molar-refractivity contribution in [3.63, 3.8) is 0 Å². The number of hydrogen-bond acceptors (Lipinski definition) is 3. The Kier molecular flexibility index (Phi) is 4.07. The molecule has 0 bridgehead atoms. The Morgan fingerprint density at radius 3 is 2.41 bits per heavy atom. The number of benzene rings is 2. The first-order chi connectivity index (χ1) is 12.9. The van der Waals surface area contributed by atoms with E-state index in [0.29, 0.717) is 28.0 Å². The Labute approximate surface area is 153 Å². The van der Waals surface area contributed by atoms with Crippen LogP contribution < -0.4 is 5.32 Å². The number of anilines is 2. The van der Waals surface area contributed by atoms with Crippen molar-refractivity contribution in [3.8, 4) is 11.4 Å². The van der Waals surface area contributed by atoms with Gasteiger partial charge in [0.1, 0.15) is 34.6 Å². The second-order valence-electron chi connectivity index (χ2n) is 6.24. The summed E-state index contributed by atoms with van der Waals surface area (Å²) in [5.41, 5.74) is 1.59. The minimum atomic E-state index is -0.725. The molecule has 136 valence electrons. The number of rotatable bonds is 3. The van der Waals surface area contributed by atoms with E-state index in [1.54, 1.807) is 29.8 Å². The van der Waals surface area contributed by atoms with Gasteiger partial charge in [0.2, 0.25) is 0 Å². The van der Waals surface area contributed by atoms with Crippen molar-refractivity contribution >= 4 is 22.5 Å². The van der Waals surface area contributed by atoms with Gasteiger partial charge in [-0.15, -0.1) is 0 Å². The highest BCUT2D eigenvalue weighted by molar-refractivity contribution is 5.91. The molecule has 27 heavy (non-hydrogen) atoms. The molecule has 0 spiro atoms. The third kappa shape index (κ3) is 3.01. The Morgan fingerprint density at radius 1 is 0.963 bits per heavy atom. The summed E-state index contributed by atoms with van der Waals surface area (Å²) in [4.78, 5) is 9.01. The number of aromatic nitrogens is 3. The van der Waals surface area contributed by atoms with Crippen molar-refractivity contribution in [3.05, 3.63) is 71.7 Å². The van der Waals surface area contributed by atoms with E-state index >= 15 is 0 Å². The van der Waals surface area contributed by atoms with Crippen LogP contribution in [0.5, 0.6) is 0 Å². The van der Waals surface area contributed by atoms with Gasteiger partial charge in [0.15, 0.2) is 5.82 Å². The summed E-state index contributed by atoms with van der Waals surface area (Å²) in [5, 5.41) is 3.36. The average molecular weight is 368 g/mol. The number of aryl methyl sites for hydroxylation is 2. The lowest BCUT2D eigenvalue weighted by Gasteiger charge is -2.12. The van der Waals surface area contributed by atoms with Crippen LogP contribution in [-0.4, -0.2) is 14.5 Å². The molecule has 0 aliphatic heterocycles.